The maximum Gasteiger partial charge on any atom is 0.407 e. The third-order valence-electron chi connectivity index (χ3n) is 3.81. The molecule has 0 aliphatic carbocycles. The van der Waals surface area contributed by atoms with Crippen molar-refractivity contribution >= 4 is 18.0 Å². The molecule has 1 aliphatic rings. The molecular formula is C20H28N2O7. The van der Waals surface area contributed by atoms with Crippen LogP contribution in [-0.4, -0.2) is 43.0 Å². The monoisotopic (exact) mass is 408 g/mol. The summed E-state index contributed by atoms with van der Waals surface area (Å²) in [6, 6.07) is 5.39. The molecule has 9 nitrogen and oxygen atoms in total. The predicted octanol–water partition coefficient (Wildman–Crippen LogP) is 2.27. The van der Waals surface area contributed by atoms with E-state index in [1.807, 2.05) is 6.07 Å². The van der Waals surface area contributed by atoms with Crippen LogP contribution in [0.25, 0.3) is 0 Å². The highest BCUT2D eigenvalue weighted by molar-refractivity contribution is 5.83. The van der Waals surface area contributed by atoms with Crippen molar-refractivity contribution in [3.63, 3.8) is 0 Å². The molecular weight excluding hydrogens is 380 g/mol. The van der Waals surface area contributed by atoms with E-state index in [2.05, 4.69) is 10.6 Å². The average molecular weight is 408 g/mol. The Bertz CT molecular complexity index is 743. The number of fused-ring (bicyclic) bond motifs is 1. The minimum atomic E-state index is -0.921. The van der Waals surface area contributed by atoms with Gasteiger partial charge in [-0.15, -0.1) is 0 Å². The van der Waals surface area contributed by atoms with E-state index >= 15 is 0 Å². The Morgan fingerprint density at radius 1 is 1.14 bits per heavy atom. The summed E-state index contributed by atoms with van der Waals surface area (Å²) < 4.78 is 20.7. The highest BCUT2D eigenvalue weighted by Crippen LogP contribution is 2.32. The third kappa shape index (κ3) is 7.89. The van der Waals surface area contributed by atoms with Gasteiger partial charge in [0.15, 0.2) is 17.6 Å². The normalized spacial score (nSPS) is 13.4. The number of carbonyl (C=O) groups is 3. The Hall–Kier alpha value is -2.97. The minimum Gasteiger partial charge on any atom is -0.454 e. The van der Waals surface area contributed by atoms with E-state index in [9.17, 15) is 14.4 Å². The van der Waals surface area contributed by atoms with Crippen LogP contribution < -0.4 is 20.1 Å². The Balaban J connectivity index is 1.63. The van der Waals surface area contributed by atoms with Gasteiger partial charge in [0.1, 0.15) is 5.60 Å². The number of amides is 2. The number of nitrogens with one attached hydrogen (secondary N) is 2. The van der Waals surface area contributed by atoms with Crippen molar-refractivity contribution in [2.45, 2.75) is 58.8 Å². The molecule has 0 aromatic heterocycles. The lowest BCUT2D eigenvalue weighted by Gasteiger charge is -2.19. The molecule has 9 heteroatoms. The molecule has 1 heterocycles. The topological polar surface area (TPSA) is 112 Å². The Morgan fingerprint density at radius 2 is 1.86 bits per heavy atom. The quantitative estimate of drug-likeness (QED) is 0.501. The fourth-order valence-corrected chi connectivity index (χ4v) is 2.43. The van der Waals surface area contributed by atoms with Crippen LogP contribution in [0.4, 0.5) is 4.79 Å². The Labute approximate surface area is 170 Å². The smallest absolute Gasteiger partial charge is 0.407 e. The molecule has 1 aromatic rings. The number of benzene rings is 1. The SMILES string of the molecule is C[C@H](OC(=O)CCCNC(=O)OC(C)(C)C)C(=O)NCc1ccc2c(c1)OCO2. The van der Waals surface area contributed by atoms with Crippen molar-refractivity contribution in [2.24, 2.45) is 0 Å². The molecule has 2 rings (SSSR count). The van der Waals surface area contributed by atoms with E-state index in [1.54, 1.807) is 32.9 Å². The van der Waals surface area contributed by atoms with Crippen molar-refractivity contribution in [3.8, 4) is 11.5 Å². The van der Waals surface area contributed by atoms with Crippen molar-refractivity contribution in [1.82, 2.24) is 10.6 Å². The molecule has 1 aromatic carbocycles. The maximum absolute atomic E-state index is 12.1. The van der Waals surface area contributed by atoms with Gasteiger partial charge in [-0.3, -0.25) is 9.59 Å². The summed E-state index contributed by atoms with van der Waals surface area (Å²) >= 11 is 0. The first-order valence-electron chi connectivity index (χ1n) is 9.46. The van der Waals surface area contributed by atoms with E-state index in [0.717, 1.165) is 5.56 Å². The molecule has 0 saturated heterocycles. The standard InChI is InChI=1S/C20H28N2O7/c1-13(28-17(23)6-5-9-21-19(25)29-20(2,3)4)18(24)22-11-14-7-8-15-16(10-14)27-12-26-15/h7-8,10,13H,5-6,9,11-12H2,1-4H3,(H,21,25)(H,22,24)/t13-/m0/s1. The second-order valence-electron chi connectivity index (χ2n) is 7.57. The molecule has 0 spiro atoms. The number of hydrogen-bond donors (Lipinski definition) is 2. The van der Waals surface area contributed by atoms with Gasteiger partial charge in [-0.2, -0.15) is 0 Å². The number of hydrogen-bond acceptors (Lipinski definition) is 7. The van der Waals surface area contributed by atoms with E-state index < -0.39 is 29.7 Å². The highest BCUT2D eigenvalue weighted by atomic mass is 16.7. The van der Waals surface area contributed by atoms with Gasteiger partial charge in [-0.05, 0) is 51.8 Å². The van der Waals surface area contributed by atoms with Gasteiger partial charge < -0.3 is 29.6 Å². The number of esters is 1. The summed E-state index contributed by atoms with van der Waals surface area (Å²) in [6.45, 7) is 7.54. The molecule has 0 saturated carbocycles. The van der Waals surface area contributed by atoms with E-state index in [1.165, 1.54) is 6.92 Å². The van der Waals surface area contributed by atoms with Crippen LogP contribution >= 0.6 is 0 Å². The van der Waals surface area contributed by atoms with Gasteiger partial charge in [0.05, 0.1) is 0 Å². The average Bonchev–Trinajstić information content (AvgIpc) is 3.09. The van der Waals surface area contributed by atoms with E-state index in [4.69, 9.17) is 18.9 Å². The van der Waals surface area contributed by atoms with E-state index in [-0.39, 0.29) is 26.3 Å². The molecule has 0 radical (unpaired) electrons. The first-order chi connectivity index (χ1) is 13.6. The van der Waals surface area contributed by atoms with Crippen LogP contribution in [0.3, 0.4) is 0 Å². The molecule has 2 amide bonds. The highest BCUT2D eigenvalue weighted by Gasteiger charge is 2.19. The third-order valence-corrected chi connectivity index (χ3v) is 3.81. The lowest BCUT2D eigenvalue weighted by Crippen LogP contribution is -2.35. The molecule has 2 N–H and O–H groups in total. The van der Waals surface area contributed by atoms with Gasteiger partial charge in [0.25, 0.3) is 5.91 Å². The number of carbonyl (C=O) groups excluding carboxylic acids is 3. The molecule has 1 atom stereocenters. The summed E-state index contributed by atoms with van der Waals surface area (Å²) in [5.41, 5.74) is 0.265. The van der Waals surface area contributed by atoms with Crippen LogP contribution in [0.1, 0.15) is 46.1 Å². The van der Waals surface area contributed by atoms with Crippen molar-refractivity contribution < 1.29 is 33.3 Å². The van der Waals surface area contributed by atoms with Gasteiger partial charge >= 0.3 is 12.1 Å². The predicted molar refractivity (Wildman–Crippen MR) is 103 cm³/mol. The van der Waals surface area contributed by atoms with E-state index in [0.29, 0.717) is 17.9 Å². The zero-order valence-corrected chi connectivity index (χ0v) is 17.2. The van der Waals surface area contributed by atoms with Crippen molar-refractivity contribution in [2.75, 3.05) is 13.3 Å². The number of ether oxygens (including phenoxy) is 4. The summed E-state index contributed by atoms with van der Waals surface area (Å²) in [5, 5.41) is 5.27. The van der Waals surface area contributed by atoms with Crippen LogP contribution in [-0.2, 0) is 25.6 Å². The molecule has 160 valence electrons. The second-order valence-corrected chi connectivity index (χ2v) is 7.57. The zero-order valence-electron chi connectivity index (χ0n) is 17.2. The first-order valence-corrected chi connectivity index (χ1v) is 9.46. The number of alkyl carbamates (subject to hydrolysis) is 1. The fourth-order valence-electron chi connectivity index (χ4n) is 2.43. The van der Waals surface area contributed by atoms with Crippen molar-refractivity contribution in [1.29, 1.82) is 0 Å². The summed E-state index contributed by atoms with van der Waals surface area (Å²) in [5.74, 6) is 0.393. The minimum absolute atomic E-state index is 0.0789. The maximum atomic E-state index is 12.1. The van der Waals surface area contributed by atoms with Crippen molar-refractivity contribution in [3.05, 3.63) is 23.8 Å². The fraction of sp³-hybridized carbons (Fsp3) is 0.550. The molecule has 1 aliphatic heterocycles. The largest absolute Gasteiger partial charge is 0.454 e. The van der Waals surface area contributed by atoms with Gasteiger partial charge in [-0.1, -0.05) is 6.07 Å². The molecule has 29 heavy (non-hydrogen) atoms. The second kappa shape index (κ2) is 9.99. The molecule has 0 bridgehead atoms. The summed E-state index contributed by atoms with van der Waals surface area (Å²) in [7, 11) is 0. The summed E-state index contributed by atoms with van der Waals surface area (Å²) in [6.07, 6.45) is -1.00. The van der Waals surface area contributed by atoms with Crippen LogP contribution in [0, 0.1) is 0 Å². The lowest BCUT2D eigenvalue weighted by atomic mass is 10.2. The van der Waals surface area contributed by atoms with Gasteiger partial charge in [0.2, 0.25) is 6.79 Å². The Morgan fingerprint density at radius 3 is 2.59 bits per heavy atom. The van der Waals surface area contributed by atoms with Crippen LogP contribution in [0.5, 0.6) is 11.5 Å². The zero-order chi connectivity index (χ0) is 21.4. The van der Waals surface area contributed by atoms with Crippen LogP contribution in [0.15, 0.2) is 18.2 Å². The first kappa shape index (κ1) is 22.3. The van der Waals surface area contributed by atoms with Gasteiger partial charge in [-0.25, -0.2) is 4.79 Å². The Kier molecular flexibility index (Phi) is 7.69. The molecule has 0 unspecified atom stereocenters. The molecule has 0 fully saturated rings. The summed E-state index contributed by atoms with van der Waals surface area (Å²) in [4.78, 5) is 35.5. The number of rotatable bonds is 8. The van der Waals surface area contributed by atoms with Gasteiger partial charge in [0, 0.05) is 19.5 Å². The van der Waals surface area contributed by atoms with Crippen LogP contribution in [0.2, 0.25) is 0 Å². The lowest BCUT2D eigenvalue weighted by molar-refractivity contribution is -0.154.